The van der Waals surface area contributed by atoms with Gasteiger partial charge < -0.3 is 15.1 Å². The Hall–Kier alpha value is -1.55. The molecule has 2 aliphatic heterocycles. The van der Waals surface area contributed by atoms with Gasteiger partial charge in [-0.3, -0.25) is 4.79 Å². The molecule has 1 N–H and O–H groups in total. The summed E-state index contributed by atoms with van der Waals surface area (Å²) in [5, 5.41) is 3.22. The molecular weight excluding hydrogens is 238 g/mol. The number of nitrogens with zero attached hydrogens (tertiary/aromatic N) is 2. The van der Waals surface area contributed by atoms with Crippen LogP contribution in [0.2, 0.25) is 0 Å². The number of benzene rings is 1. The number of amides is 1. The third-order valence-corrected chi connectivity index (χ3v) is 4.08. The average molecular weight is 259 g/mol. The van der Waals surface area contributed by atoms with Crippen LogP contribution in [0.1, 0.15) is 19.4 Å². The van der Waals surface area contributed by atoms with Crippen LogP contribution in [0, 0.1) is 6.92 Å². The normalized spacial score (nSPS) is 22.5. The predicted octanol–water partition coefficient (Wildman–Crippen LogP) is 1.53. The van der Waals surface area contributed by atoms with E-state index in [1.54, 1.807) is 0 Å². The first-order chi connectivity index (χ1) is 9.09. The lowest BCUT2D eigenvalue weighted by Gasteiger charge is -2.47. The Morgan fingerprint density at radius 2 is 2.16 bits per heavy atom. The van der Waals surface area contributed by atoms with Gasteiger partial charge in [0.25, 0.3) is 0 Å². The number of aryl methyl sites for hydroxylation is 1. The van der Waals surface area contributed by atoms with Crippen molar-refractivity contribution in [3.63, 3.8) is 0 Å². The molecule has 4 heteroatoms. The van der Waals surface area contributed by atoms with Gasteiger partial charge in [0, 0.05) is 19.1 Å². The molecule has 1 unspecified atom stereocenters. The van der Waals surface area contributed by atoms with Gasteiger partial charge >= 0.3 is 0 Å². The smallest absolute Gasteiger partial charge is 0.241 e. The molecule has 0 radical (unpaired) electrons. The molecule has 0 saturated carbocycles. The molecule has 1 aromatic rings. The number of carbonyl (C=O) groups is 1. The third-order valence-electron chi connectivity index (χ3n) is 4.08. The largest absolute Gasteiger partial charge is 0.365 e. The van der Waals surface area contributed by atoms with E-state index < -0.39 is 0 Å². The number of hydrogen-bond donors (Lipinski definition) is 1. The molecule has 0 aliphatic carbocycles. The van der Waals surface area contributed by atoms with Crippen LogP contribution >= 0.6 is 0 Å². The lowest BCUT2D eigenvalue weighted by atomic mass is 10.00. The van der Waals surface area contributed by atoms with Gasteiger partial charge in [-0.25, -0.2) is 0 Å². The molecule has 1 aromatic carbocycles. The molecule has 1 saturated heterocycles. The van der Waals surface area contributed by atoms with E-state index in [1.807, 2.05) is 11.0 Å². The fraction of sp³-hybridized carbons (Fsp3) is 0.533. The molecule has 1 atom stereocenters. The van der Waals surface area contributed by atoms with Crippen molar-refractivity contribution in [3.05, 3.63) is 23.8 Å². The average Bonchev–Trinajstić information content (AvgIpc) is 2.37. The molecule has 102 valence electrons. The van der Waals surface area contributed by atoms with Gasteiger partial charge in [-0.2, -0.15) is 0 Å². The Kier molecular flexibility index (Phi) is 2.97. The highest BCUT2D eigenvalue weighted by Gasteiger charge is 2.37. The van der Waals surface area contributed by atoms with Crippen LogP contribution in [0.4, 0.5) is 11.4 Å². The van der Waals surface area contributed by atoms with Gasteiger partial charge in [0.15, 0.2) is 0 Å². The van der Waals surface area contributed by atoms with E-state index in [0.717, 1.165) is 18.8 Å². The van der Waals surface area contributed by atoms with E-state index in [-0.39, 0.29) is 11.9 Å². The van der Waals surface area contributed by atoms with E-state index >= 15 is 0 Å². The Balaban J connectivity index is 2.14. The van der Waals surface area contributed by atoms with Gasteiger partial charge in [0.2, 0.25) is 5.91 Å². The van der Waals surface area contributed by atoms with E-state index in [9.17, 15) is 4.79 Å². The quantitative estimate of drug-likeness (QED) is 0.831. The van der Waals surface area contributed by atoms with Crippen molar-refractivity contribution < 1.29 is 4.79 Å². The van der Waals surface area contributed by atoms with Crippen LogP contribution in [-0.4, -0.2) is 37.6 Å². The van der Waals surface area contributed by atoms with Crippen molar-refractivity contribution in [1.29, 1.82) is 0 Å². The topological polar surface area (TPSA) is 35.6 Å². The van der Waals surface area contributed by atoms with Crippen LogP contribution in [0.25, 0.3) is 0 Å². The predicted molar refractivity (Wildman–Crippen MR) is 77.8 cm³/mol. The Morgan fingerprint density at radius 3 is 2.89 bits per heavy atom. The minimum Gasteiger partial charge on any atom is -0.365 e. The van der Waals surface area contributed by atoms with Crippen molar-refractivity contribution >= 4 is 17.3 Å². The van der Waals surface area contributed by atoms with Crippen LogP contribution < -0.4 is 15.1 Å². The lowest BCUT2D eigenvalue weighted by molar-refractivity contribution is -0.119. The minimum absolute atomic E-state index is 0.187. The summed E-state index contributed by atoms with van der Waals surface area (Å²) in [5.74, 6) is 0.187. The fourth-order valence-electron chi connectivity index (χ4n) is 3.20. The molecule has 4 nitrogen and oxygen atoms in total. The Bertz CT molecular complexity index is 512. The Labute approximate surface area is 114 Å². The number of rotatable bonds is 1. The molecule has 0 bridgehead atoms. The van der Waals surface area contributed by atoms with E-state index in [2.05, 4.69) is 43.1 Å². The summed E-state index contributed by atoms with van der Waals surface area (Å²) >= 11 is 0. The van der Waals surface area contributed by atoms with Crippen molar-refractivity contribution in [2.24, 2.45) is 0 Å². The molecule has 0 spiro atoms. The highest BCUT2D eigenvalue weighted by atomic mass is 16.2. The maximum atomic E-state index is 12.2. The maximum absolute atomic E-state index is 12.2. The van der Waals surface area contributed by atoms with E-state index in [4.69, 9.17) is 0 Å². The molecule has 0 aromatic heterocycles. The third kappa shape index (κ3) is 1.91. The van der Waals surface area contributed by atoms with Gasteiger partial charge in [-0.1, -0.05) is 12.1 Å². The first kappa shape index (κ1) is 12.5. The molecule has 1 amide bonds. The van der Waals surface area contributed by atoms with Crippen LogP contribution in [0.3, 0.4) is 0 Å². The van der Waals surface area contributed by atoms with Crippen LogP contribution in [0.5, 0.6) is 0 Å². The zero-order valence-corrected chi connectivity index (χ0v) is 11.8. The molecule has 19 heavy (non-hydrogen) atoms. The maximum Gasteiger partial charge on any atom is 0.241 e. The first-order valence-electron chi connectivity index (χ1n) is 6.98. The summed E-state index contributed by atoms with van der Waals surface area (Å²) in [4.78, 5) is 16.6. The molecule has 2 aliphatic rings. The summed E-state index contributed by atoms with van der Waals surface area (Å²) in [6.07, 6.45) is 0. The monoisotopic (exact) mass is 259 g/mol. The number of hydrogen-bond acceptors (Lipinski definition) is 3. The van der Waals surface area contributed by atoms with Crippen molar-refractivity contribution in [2.45, 2.75) is 32.9 Å². The zero-order chi connectivity index (χ0) is 13.6. The molecule has 2 heterocycles. The standard InChI is InChI=1S/C15H21N3O/c1-10(2)17-9-12-7-16-8-14(19)18(12)13-6-4-5-11(3)15(13)17/h4-6,10,12,16H,7-9H2,1-3H3. The number of para-hydroxylation sites is 1. The zero-order valence-electron chi connectivity index (χ0n) is 11.8. The second-order valence-electron chi connectivity index (χ2n) is 5.74. The van der Waals surface area contributed by atoms with Gasteiger partial charge in [0.1, 0.15) is 0 Å². The lowest BCUT2D eigenvalue weighted by Crippen LogP contribution is -2.62. The number of carbonyl (C=O) groups excluding carboxylic acids is 1. The number of anilines is 2. The van der Waals surface area contributed by atoms with Gasteiger partial charge in [-0.05, 0) is 32.4 Å². The summed E-state index contributed by atoms with van der Waals surface area (Å²) in [5.41, 5.74) is 3.55. The summed E-state index contributed by atoms with van der Waals surface area (Å²) in [6, 6.07) is 6.94. The SMILES string of the molecule is Cc1cccc2c1N(C(C)C)CC1CNCC(=O)N21. The van der Waals surface area contributed by atoms with Crippen LogP contribution in [-0.2, 0) is 4.79 Å². The van der Waals surface area contributed by atoms with Crippen molar-refractivity contribution in [2.75, 3.05) is 29.4 Å². The highest BCUT2D eigenvalue weighted by molar-refractivity contribution is 6.01. The first-order valence-corrected chi connectivity index (χ1v) is 6.98. The van der Waals surface area contributed by atoms with Crippen molar-refractivity contribution in [3.8, 4) is 0 Å². The van der Waals surface area contributed by atoms with E-state index in [0.29, 0.717) is 12.6 Å². The fourth-order valence-corrected chi connectivity index (χ4v) is 3.20. The number of nitrogens with one attached hydrogen (secondary N) is 1. The van der Waals surface area contributed by atoms with Crippen LogP contribution in [0.15, 0.2) is 18.2 Å². The molecular formula is C15H21N3O. The summed E-state index contributed by atoms with van der Waals surface area (Å²) < 4.78 is 0. The second kappa shape index (κ2) is 4.53. The summed E-state index contributed by atoms with van der Waals surface area (Å²) in [7, 11) is 0. The number of piperazine rings is 1. The van der Waals surface area contributed by atoms with Crippen molar-refractivity contribution in [1.82, 2.24) is 5.32 Å². The molecule has 1 fully saturated rings. The second-order valence-corrected chi connectivity index (χ2v) is 5.74. The summed E-state index contributed by atoms with van der Waals surface area (Å²) in [6.45, 7) is 8.79. The van der Waals surface area contributed by atoms with Gasteiger partial charge in [-0.15, -0.1) is 0 Å². The minimum atomic E-state index is 0.187. The van der Waals surface area contributed by atoms with Gasteiger partial charge in [0.05, 0.1) is 24.0 Å². The number of fused-ring (bicyclic) bond motifs is 3. The molecule has 3 rings (SSSR count). The highest BCUT2D eigenvalue weighted by Crippen LogP contribution is 2.39. The Morgan fingerprint density at radius 1 is 1.37 bits per heavy atom. The van der Waals surface area contributed by atoms with E-state index in [1.165, 1.54) is 11.3 Å².